The molecule has 158 valence electrons. The lowest BCUT2D eigenvalue weighted by atomic mass is 10.3. The summed E-state index contributed by atoms with van der Waals surface area (Å²) in [4.78, 5) is 25.2. The van der Waals surface area contributed by atoms with Gasteiger partial charge in [-0.2, -0.15) is 0 Å². The maximum atomic E-state index is 13.1. The molecule has 6 heteroatoms. The van der Waals surface area contributed by atoms with Crippen molar-refractivity contribution in [1.29, 1.82) is 0 Å². The lowest BCUT2D eigenvalue weighted by Crippen LogP contribution is -2.69. The number of methoxy groups -OCH3 is 1. The molecular weight excluding hydrogens is 408 g/mol. The lowest BCUT2D eigenvalue weighted by molar-refractivity contribution is -0.143. The third kappa shape index (κ3) is 4.92. The Bertz CT molecular complexity index is 937. The highest BCUT2D eigenvalue weighted by molar-refractivity contribution is 7.07. The van der Waals surface area contributed by atoms with Gasteiger partial charge in [0.15, 0.2) is 0 Å². The molecule has 0 spiro atoms. The molecular formula is C25H24O5Si. The predicted molar refractivity (Wildman–Crippen MR) is 122 cm³/mol. The van der Waals surface area contributed by atoms with Crippen LogP contribution in [0.5, 0.6) is 0 Å². The smallest absolute Gasteiger partial charge is 0.373 e. The summed E-state index contributed by atoms with van der Waals surface area (Å²) in [5.74, 6) is -1.59. The third-order valence-electron chi connectivity index (χ3n) is 4.74. The summed E-state index contributed by atoms with van der Waals surface area (Å²) in [6, 6.07) is 29.1. The summed E-state index contributed by atoms with van der Waals surface area (Å²) in [5.41, 5.74) is 0. The topological polar surface area (TPSA) is 61.8 Å². The van der Waals surface area contributed by atoms with Gasteiger partial charge in [0.1, 0.15) is 0 Å². The molecule has 0 aliphatic carbocycles. The first-order chi connectivity index (χ1) is 15.1. The molecule has 0 fully saturated rings. The van der Waals surface area contributed by atoms with Gasteiger partial charge in [-0.3, -0.25) is 0 Å². The first-order valence-electron chi connectivity index (χ1n) is 9.94. The maximum Gasteiger partial charge on any atom is 0.373 e. The molecule has 0 heterocycles. The molecule has 0 saturated carbocycles. The molecule has 0 aliphatic heterocycles. The van der Waals surface area contributed by atoms with E-state index in [1.807, 2.05) is 91.0 Å². The highest BCUT2D eigenvalue weighted by Gasteiger charge is 2.45. The molecule has 0 atom stereocenters. The van der Waals surface area contributed by atoms with Crippen molar-refractivity contribution in [1.82, 2.24) is 0 Å². The average Bonchev–Trinajstić information content (AvgIpc) is 2.83. The van der Waals surface area contributed by atoms with E-state index in [1.165, 1.54) is 7.11 Å². The molecule has 0 aliphatic rings. The Morgan fingerprint density at radius 1 is 0.774 bits per heavy atom. The van der Waals surface area contributed by atoms with Crippen molar-refractivity contribution in [3.63, 3.8) is 0 Å². The number of carbonyl (C=O) groups excluding carboxylic acids is 2. The second-order valence-electron chi connectivity index (χ2n) is 6.63. The van der Waals surface area contributed by atoms with Crippen LogP contribution in [-0.4, -0.2) is 34.0 Å². The van der Waals surface area contributed by atoms with Crippen molar-refractivity contribution < 1.29 is 23.5 Å². The predicted octanol–water partition coefficient (Wildman–Crippen LogP) is 2.29. The van der Waals surface area contributed by atoms with Gasteiger partial charge in [0.2, 0.25) is 5.76 Å². The van der Waals surface area contributed by atoms with Crippen molar-refractivity contribution in [2.24, 2.45) is 0 Å². The normalized spacial score (nSPS) is 11.5. The van der Waals surface area contributed by atoms with E-state index < -0.39 is 20.3 Å². The number of ether oxygens (including phenoxy) is 2. The first kappa shape index (κ1) is 22.1. The van der Waals surface area contributed by atoms with Crippen LogP contribution in [0.15, 0.2) is 103 Å². The summed E-state index contributed by atoms with van der Waals surface area (Å²) in [7, 11) is -1.91. The molecule has 0 N–H and O–H groups in total. The Kier molecular flexibility index (Phi) is 7.40. The largest absolute Gasteiger partial charge is 0.502 e. The number of carbonyl (C=O) groups is 2. The minimum atomic E-state index is -3.22. The molecule has 0 aromatic heterocycles. The van der Waals surface area contributed by atoms with E-state index in [1.54, 1.807) is 6.92 Å². The van der Waals surface area contributed by atoms with E-state index in [9.17, 15) is 9.59 Å². The first-order valence-corrected chi connectivity index (χ1v) is 11.8. The van der Waals surface area contributed by atoms with E-state index in [4.69, 9.17) is 13.9 Å². The van der Waals surface area contributed by atoms with Gasteiger partial charge >= 0.3 is 20.3 Å². The number of rotatable bonds is 8. The highest BCUT2D eigenvalue weighted by atomic mass is 28.4. The Balaban J connectivity index is 2.16. The van der Waals surface area contributed by atoms with Crippen molar-refractivity contribution in [2.75, 3.05) is 13.7 Å². The Morgan fingerprint density at radius 3 is 1.55 bits per heavy atom. The zero-order valence-electron chi connectivity index (χ0n) is 17.5. The molecule has 0 amide bonds. The van der Waals surface area contributed by atoms with Gasteiger partial charge in [-0.15, -0.1) is 0 Å². The third-order valence-corrected chi connectivity index (χ3v) is 8.69. The second kappa shape index (κ2) is 10.4. The van der Waals surface area contributed by atoms with Gasteiger partial charge in [0.05, 0.1) is 19.8 Å². The Hall–Kier alpha value is -3.64. The number of hydrogen-bond acceptors (Lipinski definition) is 5. The van der Waals surface area contributed by atoms with Crippen LogP contribution in [0.2, 0.25) is 0 Å². The minimum Gasteiger partial charge on any atom is -0.502 e. The average molecular weight is 433 g/mol. The van der Waals surface area contributed by atoms with Gasteiger partial charge in [-0.05, 0) is 22.5 Å². The molecule has 0 radical (unpaired) electrons. The van der Waals surface area contributed by atoms with Crippen LogP contribution in [0.25, 0.3) is 0 Å². The second-order valence-corrected chi connectivity index (χ2v) is 9.93. The number of esters is 1. The highest BCUT2D eigenvalue weighted by Crippen LogP contribution is 2.12. The van der Waals surface area contributed by atoms with Gasteiger partial charge in [0, 0.05) is 0 Å². The summed E-state index contributed by atoms with van der Waals surface area (Å²) in [6.45, 7) is 1.85. The van der Waals surface area contributed by atoms with Gasteiger partial charge in [-0.1, -0.05) is 91.0 Å². The number of hydrogen-bond donors (Lipinski definition) is 0. The van der Waals surface area contributed by atoms with Gasteiger partial charge < -0.3 is 13.9 Å². The van der Waals surface area contributed by atoms with Crippen molar-refractivity contribution in [2.45, 2.75) is 6.92 Å². The fourth-order valence-electron chi connectivity index (χ4n) is 3.39. The number of benzene rings is 3. The summed E-state index contributed by atoms with van der Waals surface area (Å²) < 4.78 is 16.3. The van der Waals surface area contributed by atoms with E-state index in [2.05, 4.69) is 0 Å². The van der Waals surface area contributed by atoms with Crippen molar-refractivity contribution in [3.05, 3.63) is 103 Å². The summed E-state index contributed by atoms with van der Waals surface area (Å²) >= 11 is 0. The van der Waals surface area contributed by atoms with Crippen molar-refractivity contribution in [3.8, 4) is 0 Å². The monoisotopic (exact) mass is 432 g/mol. The molecule has 0 unspecified atom stereocenters. The molecule has 0 bridgehead atoms. The van der Waals surface area contributed by atoms with Crippen LogP contribution in [0.1, 0.15) is 6.92 Å². The standard InChI is InChI=1S/C25H24O5Si/c1-3-29-25(27)23(28-2)19-24(26)30-31(20-13-7-4-8-14-20,21-15-9-5-10-16-21)22-17-11-6-12-18-22/h4-19H,3H2,1-2H3/b23-19-. The van der Waals surface area contributed by atoms with E-state index in [-0.39, 0.29) is 12.4 Å². The van der Waals surface area contributed by atoms with Gasteiger partial charge in [0.25, 0.3) is 0 Å². The zero-order chi connectivity index (χ0) is 22.1. The SMILES string of the molecule is CCOC(=O)/C(=C/C(=O)O[Si](c1ccccc1)(c1ccccc1)c1ccccc1)OC. The molecule has 31 heavy (non-hydrogen) atoms. The van der Waals surface area contributed by atoms with E-state index in [0.29, 0.717) is 0 Å². The fourth-order valence-corrected chi connectivity index (χ4v) is 7.09. The molecule has 3 rings (SSSR count). The van der Waals surface area contributed by atoms with Crippen LogP contribution < -0.4 is 15.6 Å². The van der Waals surface area contributed by atoms with Crippen LogP contribution in [-0.2, 0) is 23.5 Å². The van der Waals surface area contributed by atoms with E-state index in [0.717, 1.165) is 21.6 Å². The van der Waals surface area contributed by atoms with Crippen LogP contribution in [0.3, 0.4) is 0 Å². The van der Waals surface area contributed by atoms with Gasteiger partial charge in [-0.25, -0.2) is 9.59 Å². The molecule has 3 aromatic carbocycles. The Labute approximate surface area is 183 Å². The lowest BCUT2D eigenvalue weighted by Gasteiger charge is -2.32. The zero-order valence-corrected chi connectivity index (χ0v) is 18.5. The van der Waals surface area contributed by atoms with E-state index >= 15 is 0 Å². The molecule has 3 aromatic rings. The Morgan fingerprint density at radius 2 is 1.19 bits per heavy atom. The fraction of sp³-hybridized carbons (Fsp3) is 0.120. The van der Waals surface area contributed by atoms with Crippen LogP contribution in [0, 0.1) is 0 Å². The van der Waals surface area contributed by atoms with Crippen LogP contribution in [0.4, 0.5) is 0 Å². The van der Waals surface area contributed by atoms with Crippen LogP contribution >= 0.6 is 0 Å². The summed E-state index contributed by atoms with van der Waals surface area (Å²) in [6.07, 6.45) is 1.05. The quantitative estimate of drug-likeness (QED) is 0.180. The molecule has 5 nitrogen and oxygen atoms in total. The summed E-state index contributed by atoms with van der Waals surface area (Å²) in [5, 5.41) is 2.72. The maximum absolute atomic E-state index is 13.1. The molecule has 0 saturated heterocycles. The van der Waals surface area contributed by atoms with Crippen molar-refractivity contribution >= 4 is 35.8 Å². The minimum absolute atomic E-state index is 0.172.